The van der Waals surface area contributed by atoms with E-state index < -0.39 is 0 Å². The monoisotopic (exact) mass is 270 g/mol. The van der Waals surface area contributed by atoms with E-state index in [0.717, 1.165) is 5.75 Å². The van der Waals surface area contributed by atoms with Crippen LogP contribution in [-0.4, -0.2) is 5.11 Å². The second-order valence-corrected chi connectivity index (χ2v) is 5.70. The summed E-state index contributed by atoms with van der Waals surface area (Å²) in [6.07, 6.45) is 0. The molecule has 3 aromatic rings. The minimum atomic E-state index is 0.254. The van der Waals surface area contributed by atoms with Gasteiger partial charge >= 0.3 is 0 Å². The van der Waals surface area contributed by atoms with E-state index in [1.165, 1.54) is 20.5 Å². The number of phenolic OH excluding ortho intramolecular Hbond substituents is 1. The lowest BCUT2D eigenvalue weighted by atomic mass is 10.2. The van der Waals surface area contributed by atoms with Gasteiger partial charge in [-0.2, -0.15) is 0 Å². The Labute approximate surface area is 115 Å². The number of hydrogen-bond acceptors (Lipinski definition) is 3. The third-order valence-corrected chi connectivity index (χ3v) is 4.03. The predicted molar refractivity (Wildman–Crippen MR) is 79.0 cm³/mol. The summed E-state index contributed by atoms with van der Waals surface area (Å²) in [5.41, 5.74) is 1.27. The van der Waals surface area contributed by atoms with E-state index in [1.54, 1.807) is 35.6 Å². The van der Waals surface area contributed by atoms with Crippen LogP contribution in [0.1, 0.15) is 10.4 Å². The molecule has 3 heteroatoms. The van der Waals surface area contributed by atoms with Gasteiger partial charge in [0.05, 0.1) is 0 Å². The number of aromatic hydroxyl groups is 1. The van der Waals surface area contributed by atoms with Crippen molar-refractivity contribution >= 4 is 21.4 Å². The molecule has 1 heterocycles. The first-order valence-electron chi connectivity index (χ1n) is 6.11. The first-order chi connectivity index (χ1) is 9.20. The summed E-state index contributed by atoms with van der Waals surface area (Å²) >= 11 is 1.75. The van der Waals surface area contributed by atoms with Gasteiger partial charge in [-0.25, -0.2) is 0 Å². The lowest BCUT2D eigenvalue weighted by molar-refractivity contribution is 0.309. The van der Waals surface area contributed by atoms with Crippen LogP contribution in [0.3, 0.4) is 0 Å². The first-order valence-corrected chi connectivity index (χ1v) is 6.93. The number of rotatable bonds is 3. The maximum atomic E-state index is 9.21. The maximum Gasteiger partial charge on any atom is 0.122 e. The molecule has 0 amide bonds. The van der Waals surface area contributed by atoms with Gasteiger partial charge in [-0.1, -0.05) is 17.7 Å². The SMILES string of the molecule is Cc1ccc2sc(COc3ccc(O)cc3)cc2c1. The van der Waals surface area contributed by atoms with Crippen LogP contribution in [0.25, 0.3) is 10.1 Å². The van der Waals surface area contributed by atoms with Crippen molar-refractivity contribution in [2.45, 2.75) is 13.5 Å². The van der Waals surface area contributed by atoms with Gasteiger partial charge in [-0.3, -0.25) is 0 Å². The Morgan fingerprint density at radius 3 is 2.63 bits per heavy atom. The average Bonchev–Trinajstić information content (AvgIpc) is 2.80. The van der Waals surface area contributed by atoms with Gasteiger partial charge in [0, 0.05) is 9.58 Å². The zero-order valence-corrected chi connectivity index (χ0v) is 11.4. The van der Waals surface area contributed by atoms with Crippen LogP contribution in [0.5, 0.6) is 11.5 Å². The van der Waals surface area contributed by atoms with Crippen molar-refractivity contribution in [3.05, 3.63) is 59.0 Å². The molecule has 2 nitrogen and oxygen atoms in total. The quantitative estimate of drug-likeness (QED) is 0.759. The summed E-state index contributed by atoms with van der Waals surface area (Å²) in [6.45, 7) is 2.66. The first kappa shape index (κ1) is 12.1. The Bertz CT molecular complexity index is 698. The van der Waals surface area contributed by atoms with Crippen LogP contribution >= 0.6 is 11.3 Å². The summed E-state index contributed by atoms with van der Waals surface area (Å²) in [5, 5.41) is 10.5. The number of phenols is 1. The zero-order chi connectivity index (χ0) is 13.2. The number of benzene rings is 2. The van der Waals surface area contributed by atoms with E-state index in [-0.39, 0.29) is 5.75 Å². The number of hydrogen-bond donors (Lipinski definition) is 1. The summed E-state index contributed by atoms with van der Waals surface area (Å²) in [4.78, 5) is 1.20. The molecule has 2 aromatic carbocycles. The van der Waals surface area contributed by atoms with E-state index >= 15 is 0 Å². The Morgan fingerprint density at radius 2 is 1.84 bits per heavy atom. The van der Waals surface area contributed by atoms with Crippen molar-refractivity contribution in [1.29, 1.82) is 0 Å². The van der Waals surface area contributed by atoms with Gasteiger partial charge in [-0.15, -0.1) is 11.3 Å². The van der Waals surface area contributed by atoms with Crippen molar-refractivity contribution in [2.24, 2.45) is 0 Å². The molecule has 0 aliphatic heterocycles. The Kier molecular flexibility index (Phi) is 3.13. The van der Waals surface area contributed by atoms with Crippen LogP contribution in [0.15, 0.2) is 48.5 Å². The number of thiophene rings is 1. The molecule has 0 aliphatic rings. The number of ether oxygens (including phenoxy) is 1. The molecular formula is C16H14O2S. The molecule has 0 fully saturated rings. The van der Waals surface area contributed by atoms with Gasteiger partial charge < -0.3 is 9.84 Å². The molecule has 96 valence electrons. The third-order valence-electron chi connectivity index (χ3n) is 2.94. The summed E-state index contributed by atoms with van der Waals surface area (Å²) < 4.78 is 6.99. The molecule has 19 heavy (non-hydrogen) atoms. The molecule has 0 atom stereocenters. The molecule has 1 aromatic heterocycles. The summed E-state index contributed by atoms with van der Waals surface area (Å²) in [7, 11) is 0. The van der Waals surface area contributed by atoms with Gasteiger partial charge in [-0.05, 0) is 48.7 Å². The molecule has 0 spiro atoms. The molecule has 1 N–H and O–H groups in total. The number of fused-ring (bicyclic) bond motifs is 1. The van der Waals surface area contributed by atoms with Crippen molar-refractivity contribution in [3.8, 4) is 11.5 Å². The minimum absolute atomic E-state index is 0.254. The summed E-state index contributed by atoms with van der Waals surface area (Å²) in [5.74, 6) is 1.02. The van der Waals surface area contributed by atoms with Crippen LogP contribution in [0.2, 0.25) is 0 Å². The molecule has 0 unspecified atom stereocenters. The van der Waals surface area contributed by atoms with Crippen molar-refractivity contribution < 1.29 is 9.84 Å². The van der Waals surface area contributed by atoms with E-state index in [4.69, 9.17) is 4.74 Å². The van der Waals surface area contributed by atoms with Gasteiger partial charge in [0.1, 0.15) is 18.1 Å². The smallest absolute Gasteiger partial charge is 0.122 e. The van der Waals surface area contributed by atoms with E-state index in [2.05, 4.69) is 31.2 Å². The van der Waals surface area contributed by atoms with Crippen LogP contribution in [0.4, 0.5) is 0 Å². The van der Waals surface area contributed by atoms with E-state index in [1.807, 2.05) is 0 Å². The van der Waals surface area contributed by atoms with Crippen LogP contribution in [0, 0.1) is 6.92 Å². The largest absolute Gasteiger partial charge is 0.508 e. The second kappa shape index (κ2) is 4.94. The minimum Gasteiger partial charge on any atom is -0.508 e. The Hall–Kier alpha value is -2.00. The van der Waals surface area contributed by atoms with Gasteiger partial charge in [0.25, 0.3) is 0 Å². The van der Waals surface area contributed by atoms with Gasteiger partial charge in [0.15, 0.2) is 0 Å². The molecule has 3 rings (SSSR count). The van der Waals surface area contributed by atoms with Crippen molar-refractivity contribution in [2.75, 3.05) is 0 Å². The molecule has 0 radical (unpaired) electrons. The number of aryl methyl sites for hydroxylation is 1. The molecular weight excluding hydrogens is 256 g/mol. The highest BCUT2D eigenvalue weighted by molar-refractivity contribution is 7.19. The predicted octanol–water partition coefficient (Wildman–Crippen LogP) is 4.49. The highest BCUT2D eigenvalue weighted by atomic mass is 32.1. The summed E-state index contributed by atoms with van der Waals surface area (Å²) in [6, 6.07) is 15.4. The Morgan fingerprint density at radius 1 is 1.05 bits per heavy atom. The molecule has 0 bridgehead atoms. The van der Waals surface area contributed by atoms with Gasteiger partial charge in [0.2, 0.25) is 0 Å². The molecule has 0 saturated heterocycles. The Balaban J connectivity index is 1.76. The highest BCUT2D eigenvalue weighted by Crippen LogP contribution is 2.27. The van der Waals surface area contributed by atoms with E-state index in [0.29, 0.717) is 6.61 Å². The lowest BCUT2D eigenvalue weighted by Gasteiger charge is -2.03. The maximum absolute atomic E-state index is 9.21. The lowest BCUT2D eigenvalue weighted by Crippen LogP contribution is -1.91. The van der Waals surface area contributed by atoms with Crippen molar-refractivity contribution in [1.82, 2.24) is 0 Å². The zero-order valence-electron chi connectivity index (χ0n) is 10.6. The molecule has 0 aliphatic carbocycles. The standard InChI is InChI=1S/C16H14O2S/c1-11-2-7-16-12(8-11)9-15(19-16)10-18-14-5-3-13(17)4-6-14/h2-9,17H,10H2,1H3. The second-order valence-electron chi connectivity index (χ2n) is 4.54. The highest BCUT2D eigenvalue weighted by Gasteiger charge is 2.03. The normalized spacial score (nSPS) is 10.8. The van der Waals surface area contributed by atoms with E-state index in [9.17, 15) is 5.11 Å². The molecule has 0 saturated carbocycles. The average molecular weight is 270 g/mol. The van der Waals surface area contributed by atoms with Crippen molar-refractivity contribution in [3.63, 3.8) is 0 Å². The third kappa shape index (κ3) is 2.71. The fraction of sp³-hybridized carbons (Fsp3) is 0.125. The topological polar surface area (TPSA) is 29.5 Å². The van der Waals surface area contributed by atoms with Crippen LogP contribution in [-0.2, 0) is 6.61 Å². The van der Waals surface area contributed by atoms with Crippen LogP contribution < -0.4 is 4.74 Å². The fourth-order valence-corrected chi connectivity index (χ4v) is 2.94. The fourth-order valence-electron chi connectivity index (χ4n) is 1.99.